The molecule has 0 unspecified atom stereocenters. The Morgan fingerprint density at radius 2 is 0.705 bits per heavy atom. The molecule has 0 aromatic carbocycles. The standard InChI is InChI=1S/C42H83N2/c1-4-7-10-12-14-16-18-20-22-23-24-26-28-30-32-34-36-39-44-41-40-43(38-9-6-3)42(44)37-35-33-31-29-27-25-21-19-17-15-13-11-8-5-2/h40-41H,4-39H2,1-3H3/q+1. The summed E-state index contributed by atoms with van der Waals surface area (Å²) in [7, 11) is 0. The van der Waals surface area contributed by atoms with Gasteiger partial charge in [0.25, 0.3) is 5.82 Å². The van der Waals surface area contributed by atoms with Crippen molar-refractivity contribution in [1.29, 1.82) is 0 Å². The van der Waals surface area contributed by atoms with Crippen molar-refractivity contribution in [2.24, 2.45) is 0 Å². The van der Waals surface area contributed by atoms with Crippen LogP contribution in [0.15, 0.2) is 12.4 Å². The minimum Gasteiger partial charge on any atom is -0.234 e. The van der Waals surface area contributed by atoms with E-state index in [-0.39, 0.29) is 0 Å². The van der Waals surface area contributed by atoms with Gasteiger partial charge in [-0.15, -0.1) is 0 Å². The van der Waals surface area contributed by atoms with E-state index in [2.05, 4.69) is 42.3 Å². The molecule has 2 nitrogen and oxygen atoms in total. The number of aryl methyl sites for hydroxylation is 2. The molecule has 0 radical (unpaired) electrons. The summed E-state index contributed by atoms with van der Waals surface area (Å²) in [5, 5.41) is 0. The van der Waals surface area contributed by atoms with Crippen LogP contribution in [0, 0.1) is 0 Å². The molecule has 44 heavy (non-hydrogen) atoms. The van der Waals surface area contributed by atoms with E-state index in [0.717, 1.165) is 0 Å². The van der Waals surface area contributed by atoms with Crippen molar-refractivity contribution in [2.45, 2.75) is 252 Å². The first-order valence-corrected chi connectivity index (χ1v) is 20.9. The third-order valence-electron chi connectivity index (χ3n) is 10.1. The van der Waals surface area contributed by atoms with Gasteiger partial charge in [0, 0.05) is 6.42 Å². The van der Waals surface area contributed by atoms with Crippen LogP contribution in [0.2, 0.25) is 0 Å². The third-order valence-corrected chi connectivity index (χ3v) is 10.1. The van der Waals surface area contributed by atoms with Crippen LogP contribution in [-0.2, 0) is 19.5 Å². The summed E-state index contributed by atoms with van der Waals surface area (Å²) in [6.45, 7) is 9.37. The number of rotatable bonds is 36. The fourth-order valence-corrected chi connectivity index (χ4v) is 7.01. The van der Waals surface area contributed by atoms with Crippen LogP contribution in [0.4, 0.5) is 0 Å². The summed E-state index contributed by atoms with van der Waals surface area (Å²) < 4.78 is 5.20. The van der Waals surface area contributed by atoms with Gasteiger partial charge in [-0.1, -0.05) is 207 Å². The monoisotopic (exact) mass is 616 g/mol. The molecule has 0 aliphatic carbocycles. The lowest BCUT2D eigenvalue weighted by Gasteiger charge is -2.07. The summed E-state index contributed by atoms with van der Waals surface area (Å²) in [5.41, 5.74) is 0. The number of hydrogen-bond acceptors (Lipinski definition) is 0. The summed E-state index contributed by atoms with van der Waals surface area (Å²) in [5.74, 6) is 1.61. The zero-order valence-electron chi connectivity index (χ0n) is 31.0. The van der Waals surface area contributed by atoms with E-state index in [1.165, 1.54) is 231 Å². The van der Waals surface area contributed by atoms with E-state index in [4.69, 9.17) is 0 Å². The molecule has 0 N–H and O–H groups in total. The van der Waals surface area contributed by atoms with Crippen molar-refractivity contribution in [1.82, 2.24) is 4.57 Å². The third kappa shape index (κ3) is 25.4. The summed E-state index contributed by atoms with van der Waals surface area (Å²) in [6, 6.07) is 0. The zero-order chi connectivity index (χ0) is 31.6. The molecular weight excluding hydrogens is 532 g/mol. The summed E-state index contributed by atoms with van der Waals surface area (Å²) in [4.78, 5) is 0. The molecule has 260 valence electrons. The number of nitrogens with zero attached hydrogens (tertiary/aromatic N) is 2. The lowest BCUT2D eigenvalue weighted by Crippen LogP contribution is -2.37. The SMILES string of the molecule is CCCCCCCCCCCCCCCCCCC[n+]1ccn(CCCC)c1CCCCCCCCCCCCCCCC. The Labute approximate surface area is 279 Å². The lowest BCUT2D eigenvalue weighted by molar-refractivity contribution is -0.704. The van der Waals surface area contributed by atoms with Gasteiger partial charge in [0.05, 0.1) is 13.1 Å². The molecule has 0 spiro atoms. The van der Waals surface area contributed by atoms with Crippen LogP contribution in [-0.4, -0.2) is 4.57 Å². The van der Waals surface area contributed by atoms with Crippen molar-refractivity contribution in [2.75, 3.05) is 0 Å². The number of unbranched alkanes of at least 4 members (excludes halogenated alkanes) is 30. The quantitative estimate of drug-likeness (QED) is 0.0524. The highest BCUT2D eigenvalue weighted by Crippen LogP contribution is 2.16. The molecule has 1 aromatic heterocycles. The molecule has 2 heteroatoms. The average molecular weight is 616 g/mol. The molecule has 1 aromatic rings. The second kappa shape index (κ2) is 33.6. The van der Waals surface area contributed by atoms with Gasteiger partial charge < -0.3 is 0 Å². The topological polar surface area (TPSA) is 8.81 Å². The van der Waals surface area contributed by atoms with E-state index in [1.54, 1.807) is 5.82 Å². The van der Waals surface area contributed by atoms with E-state index < -0.39 is 0 Å². The van der Waals surface area contributed by atoms with Crippen molar-refractivity contribution in [3.05, 3.63) is 18.2 Å². The maximum Gasteiger partial charge on any atom is 0.256 e. The molecule has 0 aliphatic heterocycles. The fraction of sp³-hybridized carbons (Fsp3) is 0.929. The Balaban J connectivity index is 2.05. The molecule has 0 saturated carbocycles. The second-order valence-electron chi connectivity index (χ2n) is 14.5. The largest absolute Gasteiger partial charge is 0.256 e. The predicted octanol–water partition coefficient (Wildman–Crippen LogP) is 14.3. The van der Waals surface area contributed by atoms with Gasteiger partial charge >= 0.3 is 0 Å². The molecule has 0 atom stereocenters. The van der Waals surface area contributed by atoms with Crippen LogP contribution in [0.5, 0.6) is 0 Å². The molecule has 1 rings (SSSR count). The molecular formula is C42H83N2+. The van der Waals surface area contributed by atoms with Crippen molar-refractivity contribution in [3.8, 4) is 0 Å². The average Bonchev–Trinajstić information content (AvgIpc) is 3.42. The Morgan fingerprint density at radius 3 is 1.07 bits per heavy atom. The van der Waals surface area contributed by atoms with E-state index in [9.17, 15) is 0 Å². The van der Waals surface area contributed by atoms with Crippen LogP contribution < -0.4 is 4.57 Å². The number of aromatic nitrogens is 2. The molecule has 1 heterocycles. The van der Waals surface area contributed by atoms with Gasteiger partial charge in [-0.25, -0.2) is 9.13 Å². The first-order chi connectivity index (χ1) is 21.8. The minimum absolute atomic E-state index is 1.20. The molecule has 0 saturated heterocycles. The van der Waals surface area contributed by atoms with Crippen molar-refractivity contribution < 1.29 is 4.57 Å². The molecule has 0 amide bonds. The first-order valence-electron chi connectivity index (χ1n) is 20.9. The van der Waals surface area contributed by atoms with Crippen molar-refractivity contribution in [3.63, 3.8) is 0 Å². The van der Waals surface area contributed by atoms with E-state index in [0.29, 0.717) is 0 Å². The second-order valence-corrected chi connectivity index (χ2v) is 14.5. The van der Waals surface area contributed by atoms with Gasteiger partial charge in [0.15, 0.2) is 0 Å². The van der Waals surface area contributed by atoms with Crippen LogP contribution in [0.1, 0.15) is 238 Å². The first kappa shape index (κ1) is 41.2. The Morgan fingerprint density at radius 1 is 0.386 bits per heavy atom. The minimum atomic E-state index is 1.20. The Bertz CT molecular complexity index is 677. The Hall–Kier alpha value is -0.790. The molecule has 0 bridgehead atoms. The van der Waals surface area contributed by atoms with E-state index in [1.807, 2.05) is 0 Å². The van der Waals surface area contributed by atoms with E-state index >= 15 is 0 Å². The summed E-state index contributed by atoms with van der Waals surface area (Å²) in [6.07, 6.45) is 53.5. The Kier molecular flexibility index (Phi) is 31.5. The number of imidazole rings is 1. The fourth-order valence-electron chi connectivity index (χ4n) is 7.01. The number of hydrogen-bond donors (Lipinski definition) is 0. The van der Waals surface area contributed by atoms with Gasteiger partial charge in [-0.05, 0) is 25.7 Å². The smallest absolute Gasteiger partial charge is 0.234 e. The normalized spacial score (nSPS) is 11.6. The highest BCUT2D eigenvalue weighted by molar-refractivity contribution is 4.84. The van der Waals surface area contributed by atoms with Crippen LogP contribution >= 0.6 is 0 Å². The maximum absolute atomic E-state index is 2.61. The van der Waals surface area contributed by atoms with Crippen LogP contribution in [0.25, 0.3) is 0 Å². The van der Waals surface area contributed by atoms with Crippen LogP contribution in [0.3, 0.4) is 0 Å². The van der Waals surface area contributed by atoms with Gasteiger partial charge in [-0.2, -0.15) is 0 Å². The molecule has 0 fully saturated rings. The highest BCUT2D eigenvalue weighted by Gasteiger charge is 2.16. The van der Waals surface area contributed by atoms with Gasteiger partial charge in [0.1, 0.15) is 12.4 Å². The summed E-state index contributed by atoms with van der Waals surface area (Å²) >= 11 is 0. The van der Waals surface area contributed by atoms with Gasteiger partial charge in [0.2, 0.25) is 0 Å². The predicted molar refractivity (Wildman–Crippen MR) is 198 cm³/mol. The zero-order valence-corrected chi connectivity index (χ0v) is 31.0. The van der Waals surface area contributed by atoms with Gasteiger partial charge in [-0.3, -0.25) is 0 Å². The lowest BCUT2D eigenvalue weighted by atomic mass is 10.0. The maximum atomic E-state index is 2.61. The highest BCUT2D eigenvalue weighted by atomic mass is 15.1. The molecule has 0 aliphatic rings. The van der Waals surface area contributed by atoms with Crippen molar-refractivity contribution >= 4 is 0 Å².